The van der Waals surface area contributed by atoms with Gasteiger partial charge in [0.1, 0.15) is 6.04 Å². The van der Waals surface area contributed by atoms with E-state index in [-0.39, 0.29) is 5.97 Å². The second-order valence-corrected chi connectivity index (χ2v) is 4.14. The number of esters is 1. The molecule has 0 radical (unpaired) electrons. The van der Waals surface area contributed by atoms with Crippen molar-refractivity contribution in [2.45, 2.75) is 19.5 Å². The summed E-state index contributed by atoms with van der Waals surface area (Å²) >= 11 is 12.0. The van der Waals surface area contributed by atoms with E-state index in [0.29, 0.717) is 16.6 Å². The summed E-state index contributed by atoms with van der Waals surface area (Å²) in [5.41, 5.74) is 0.779. The highest BCUT2D eigenvalue weighted by atomic mass is 35.5. The molecule has 1 atom stereocenters. The third kappa shape index (κ3) is 3.37. The molecule has 0 amide bonds. The van der Waals surface area contributed by atoms with Gasteiger partial charge in [-0.05, 0) is 19.1 Å². The van der Waals surface area contributed by atoms with Crippen LogP contribution in [0.15, 0.2) is 18.2 Å². The van der Waals surface area contributed by atoms with E-state index in [9.17, 15) is 4.79 Å². The Labute approximate surface area is 105 Å². The van der Waals surface area contributed by atoms with Crippen LogP contribution in [0.1, 0.15) is 12.5 Å². The van der Waals surface area contributed by atoms with Crippen molar-refractivity contribution in [3.63, 3.8) is 0 Å². The number of hydrogen-bond donors (Lipinski definition) is 1. The van der Waals surface area contributed by atoms with Crippen LogP contribution in [0.5, 0.6) is 0 Å². The van der Waals surface area contributed by atoms with Gasteiger partial charge < -0.3 is 10.1 Å². The second kappa shape index (κ2) is 6.09. The Morgan fingerprint density at radius 2 is 2.00 bits per heavy atom. The first kappa shape index (κ1) is 13.3. The molecule has 1 aromatic carbocycles. The molecular weight excluding hydrogens is 249 g/mol. The predicted molar refractivity (Wildman–Crippen MR) is 64.8 cm³/mol. The van der Waals surface area contributed by atoms with Crippen molar-refractivity contribution in [3.05, 3.63) is 33.8 Å². The lowest BCUT2D eigenvalue weighted by Gasteiger charge is -2.13. The molecule has 3 nitrogen and oxygen atoms in total. The van der Waals surface area contributed by atoms with Crippen LogP contribution in [0.3, 0.4) is 0 Å². The fraction of sp³-hybridized carbons (Fsp3) is 0.364. The van der Waals surface area contributed by atoms with E-state index in [4.69, 9.17) is 23.2 Å². The van der Waals surface area contributed by atoms with Crippen LogP contribution in [-0.4, -0.2) is 19.1 Å². The molecule has 1 unspecified atom stereocenters. The summed E-state index contributed by atoms with van der Waals surface area (Å²) in [6, 6.07) is 4.90. The molecule has 16 heavy (non-hydrogen) atoms. The van der Waals surface area contributed by atoms with Crippen molar-refractivity contribution in [1.82, 2.24) is 5.32 Å². The number of carbonyl (C=O) groups excluding carboxylic acids is 1. The van der Waals surface area contributed by atoms with E-state index < -0.39 is 6.04 Å². The highest BCUT2D eigenvalue weighted by Crippen LogP contribution is 2.23. The third-order valence-electron chi connectivity index (χ3n) is 2.20. The molecule has 0 saturated heterocycles. The molecular formula is C11H13Cl2NO2. The summed E-state index contributed by atoms with van der Waals surface area (Å²) in [5.74, 6) is -0.317. The van der Waals surface area contributed by atoms with Gasteiger partial charge in [-0.2, -0.15) is 0 Å². The molecule has 0 spiro atoms. The van der Waals surface area contributed by atoms with Crippen molar-refractivity contribution < 1.29 is 9.53 Å². The average molecular weight is 262 g/mol. The zero-order valence-corrected chi connectivity index (χ0v) is 10.6. The minimum atomic E-state index is -0.391. The van der Waals surface area contributed by atoms with E-state index in [2.05, 4.69) is 10.1 Å². The zero-order valence-electron chi connectivity index (χ0n) is 9.09. The van der Waals surface area contributed by atoms with Gasteiger partial charge in [0.15, 0.2) is 0 Å². The van der Waals surface area contributed by atoms with Gasteiger partial charge in [-0.15, -0.1) is 0 Å². The van der Waals surface area contributed by atoms with Gasteiger partial charge in [-0.3, -0.25) is 4.79 Å². The standard InChI is InChI=1S/C11H13Cl2NO2/c1-7(11(15)16-2)14-6-8-9(12)4-3-5-10(8)13/h3-5,7,14H,6H2,1-2H3. The van der Waals surface area contributed by atoms with Gasteiger partial charge in [0.25, 0.3) is 0 Å². The molecule has 0 aliphatic rings. The SMILES string of the molecule is COC(=O)C(C)NCc1c(Cl)cccc1Cl. The molecule has 1 rings (SSSR count). The molecule has 1 aromatic rings. The number of methoxy groups -OCH3 is 1. The van der Waals surface area contributed by atoms with E-state index >= 15 is 0 Å². The highest BCUT2D eigenvalue weighted by Gasteiger charge is 2.13. The van der Waals surface area contributed by atoms with Crippen molar-refractivity contribution in [2.24, 2.45) is 0 Å². The number of ether oxygens (including phenoxy) is 1. The molecule has 5 heteroatoms. The predicted octanol–water partition coefficient (Wildman–Crippen LogP) is 2.64. The fourth-order valence-electron chi connectivity index (χ4n) is 1.22. The third-order valence-corrected chi connectivity index (χ3v) is 2.91. The Hall–Kier alpha value is -0.770. The molecule has 0 aliphatic heterocycles. The van der Waals surface area contributed by atoms with Crippen LogP contribution in [0.25, 0.3) is 0 Å². The van der Waals surface area contributed by atoms with Gasteiger partial charge in [0, 0.05) is 22.2 Å². The van der Waals surface area contributed by atoms with E-state index in [1.54, 1.807) is 25.1 Å². The normalized spacial score (nSPS) is 12.2. The summed E-state index contributed by atoms with van der Waals surface area (Å²) in [7, 11) is 1.35. The molecule has 0 heterocycles. The fourth-order valence-corrected chi connectivity index (χ4v) is 1.75. The minimum absolute atomic E-state index is 0.317. The first-order chi connectivity index (χ1) is 7.56. The summed E-state index contributed by atoms with van der Waals surface area (Å²) in [6.07, 6.45) is 0. The van der Waals surface area contributed by atoms with Gasteiger partial charge in [0.2, 0.25) is 0 Å². The molecule has 88 valence electrons. The topological polar surface area (TPSA) is 38.3 Å². The minimum Gasteiger partial charge on any atom is -0.468 e. The van der Waals surface area contributed by atoms with Crippen molar-refractivity contribution in [3.8, 4) is 0 Å². The smallest absolute Gasteiger partial charge is 0.322 e. The zero-order chi connectivity index (χ0) is 12.1. The van der Waals surface area contributed by atoms with Crippen LogP contribution in [0, 0.1) is 0 Å². The van der Waals surface area contributed by atoms with Crippen molar-refractivity contribution in [1.29, 1.82) is 0 Å². The van der Waals surface area contributed by atoms with E-state index in [1.165, 1.54) is 7.11 Å². The Morgan fingerprint density at radius 3 is 2.50 bits per heavy atom. The molecule has 0 bridgehead atoms. The maximum Gasteiger partial charge on any atom is 0.322 e. The Morgan fingerprint density at radius 1 is 1.44 bits per heavy atom. The van der Waals surface area contributed by atoms with Gasteiger partial charge in [-0.1, -0.05) is 29.3 Å². The maximum atomic E-state index is 11.2. The van der Waals surface area contributed by atoms with Gasteiger partial charge in [-0.25, -0.2) is 0 Å². The van der Waals surface area contributed by atoms with Crippen LogP contribution in [0.4, 0.5) is 0 Å². The summed E-state index contributed by atoms with van der Waals surface area (Å²) < 4.78 is 4.59. The van der Waals surface area contributed by atoms with Crippen LogP contribution < -0.4 is 5.32 Å². The molecule has 1 N–H and O–H groups in total. The lowest BCUT2D eigenvalue weighted by Crippen LogP contribution is -2.34. The molecule has 0 fully saturated rings. The number of nitrogens with one attached hydrogen (secondary N) is 1. The molecule has 0 saturated carbocycles. The number of benzene rings is 1. The monoisotopic (exact) mass is 261 g/mol. The lowest BCUT2D eigenvalue weighted by atomic mass is 10.2. The summed E-state index contributed by atoms with van der Waals surface area (Å²) in [6.45, 7) is 2.14. The second-order valence-electron chi connectivity index (χ2n) is 3.33. The van der Waals surface area contributed by atoms with Crippen LogP contribution in [0.2, 0.25) is 10.0 Å². The lowest BCUT2D eigenvalue weighted by molar-refractivity contribution is -0.142. The van der Waals surface area contributed by atoms with Gasteiger partial charge >= 0.3 is 5.97 Å². The number of hydrogen-bond acceptors (Lipinski definition) is 3. The summed E-state index contributed by atoms with van der Waals surface area (Å²) in [5, 5.41) is 4.15. The Kier molecular flexibility index (Phi) is 5.06. The van der Waals surface area contributed by atoms with E-state index in [1.807, 2.05) is 0 Å². The van der Waals surface area contributed by atoms with Crippen LogP contribution in [-0.2, 0) is 16.1 Å². The van der Waals surface area contributed by atoms with Gasteiger partial charge in [0.05, 0.1) is 7.11 Å². The number of halogens is 2. The number of carbonyl (C=O) groups is 1. The Bertz CT molecular complexity index is 362. The largest absolute Gasteiger partial charge is 0.468 e. The van der Waals surface area contributed by atoms with E-state index in [0.717, 1.165) is 5.56 Å². The average Bonchev–Trinajstić information content (AvgIpc) is 2.27. The maximum absolute atomic E-state index is 11.2. The first-order valence-electron chi connectivity index (χ1n) is 4.80. The molecule has 0 aromatic heterocycles. The molecule has 0 aliphatic carbocycles. The number of rotatable bonds is 4. The van der Waals surface area contributed by atoms with Crippen LogP contribution >= 0.6 is 23.2 Å². The first-order valence-corrected chi connectivity index (χ1v) is 5.56. The van der Waals surface area contributed by atoms with Crippen molar-refractivity contribution in [2.75, 3.05) is 7.11 Å². The quantitative estimate of drug-likeness (QED) is 0.848. The summed E-state index contributed by atoms with van der Waals surface area (Å²) in [4.78, 5) is 11.2. The van der Waals surface area contributed by atoms with Crippen molar-refractivity contribution >= 4 is 29.2 Å². The highest BCUT2D eigenvalue weighted by molar-refractivity contribution is 6.35. The Balaban J connectivity index is 2.64.